The van der Waals surface area contributed by atoms with E-state index in [9.17, 15) is 9.18 Å². The molecule has 5 nitrogen and oxygen atoms in total. The fraction of sp³-hybridized carbons (Fsp3) is 0.600. The highest BCUT2D eigenvalue weighted by Crippen LogP contribution is 2.17. The van der Waals surface area contributed by atoms with Crippen LogP contribution in [0.3, 0.4) is 0 Å². The highest BCUT2D eigenvalue weighted by molar-refractivity contribution is 5.85. The maximum Gasteiger partial charge on any atom is 0.239 e. The summed E-state index contributed by atoms with van der Waals surface area (Å²) in [6.45, 7) is 4.38. The summed E-state index contributed by atoms with van der Waals surface area (Å²) in [5.41, 5.74) is 5.93. The molecule has 2 heterocycles. The van der Waals surface area contributed by atoms with Crippen LogP contribution in [0.4, 0.5) is 10.2 Å². The Morgan fingerprint density at radius 3 is 2.68 bits per heavy atom. The third-order valence-corrected chi connectivity index (χ3v) is 3.82. The van der Waals surface area contributed by atoms with Crippen LogP contribution in [0.5, 0.6) is 0 Å². The molecule has 1 fully saturated rings. The minimum Gasteiger partial charge on any atom is -0.351 e. The Bertz CT molecular complexity index is 480. The van der Waals surface area contributed by atoms with E-state index in [1.54, 1.807) is 17.2 Å². The number of carbonyl (C=O) groups is 1. The Balaban J connectivity index is 0.00000242. The number of carbonyl (C=O) groups excluding carboxylic acids is 1. The van der Waals surface area contributed by atoms with Crippen molar-refractivity contribution in [2.45, 2.75) is 32.2 Å². The van der Waals surface area contributed by atoms with E-state index in [4.69, 9.17) is 5.73 Å². The first-order valence-electron chi connectivity index (χ1n) is 7.53. The van der Waals surface area contributed by atoms with Crippen molar-refractivity contribution < 1.29 is 9.18 Å². The Kier molecular flexibility index (Phi) is 7.55. The molecule has 2 N–H and O–H groups in total. The maximum atomic E-state index is 13.7. The number of hydrogen-bond acceptors (Lipinski definition) is 4. The van der Waals surface area contributed by atoms with E-state index in [-0.39, 0.29) is 24.1 Å². The van der Waals surface area contributed by atoms with Crippen LogP contribution < -0.4 is 10.6 Å². The number of rotatable bonds is 5. The quantitative estimate of drug-likeness (QED) is 0.894. The lowest BCUT2D eigenvalue weighted by Crippen LogP contribution is -2.53. The SMILES string of the molecule is CCCCC(N)C(=O)N1CCN(c2ncccc2F)CC1.Cl. The van der Waals surface area contributed by atoms with Gasteiger partial charge in [-0.05, 0) is 18.6 Å². The van der Waals surface area contributed by atoms with E-state index in [1.165, 1.54) is 6.07 Å². The Morgan fingerprint density at radius 1 is 1.41 bits per heavy atom. The molecule has 0 aliphatic carbocycles. The second-order valence-electron chi connectivity index (χ2n) is 5.37. The van der Waals surface area contributed by atoms with Crippen LogP contribution in [0.2, 0.25) is 0 Å². The van der Waals surface area contributed by atoms with Crippen LogP contribution in [0.15, 0.2) is 18.3 Å². The van der Waals surface area contributed by atoms with Crippen molar-refractivity contribution in [2.75, 3.05) is 31.1 Å². The van der Waals surface area contributed by atoms with Gasteiger partial charge in [0, 0.05) is 32.4 Å². The number of unbranched alkanes of at least 4 members (excludes halogenated alkanes) is 1. The molecule has 1 saturated heterocycles. The van der Waals surface area contributed by atoms with Gasteiger partial charge >= 0.3 is 0 Å². The third kappa shape index (κ3) is 4.55. The average Bonchev–Trinajstić information content (AvgIpc) is 2.52. The number of amides is 1. The predicted molar refractivity (Wildman–Crippen MR) is 87.7 cm³/mol. The van der Waals surface area contributed by atoms with Crippen LogP contribution >= 0.6 is 12.4 Å². The number of nitrogens with two attached hydrogens (primary N) is 1. The lowest BCUT2D eigenvalue weighted by Gasteiger charge is -2.36. The van der Waals surface area contributed by atoms with Gasteiger partial charge in [-0.3, -0.25) is 4.79 Å². The average molecular weight is 331 g/mol. The second kappa shape index (κ2) is 8.90. The number of anilines is 1. The fourth-order valence-electron chi connectivity index (χ4n) is 2.53. The molecule has 0 radical (unpaired) electrons. The van der Waals surface area contributed by atoms with Crippen molar-refractivity contribution in [3.63, 3.8) is 0 Å². The Morgan fingerprint density at radius 2 is 2.09 bits per heavy atom. The highest BCUT2D eigenvalue weighted by Gasteiger charge is 2.26. The third-order valence-electron chi connectivity index (χ3n) is 3.82. The summed E-state index contributed by atoms with van der Waals surface area (Å²) in [7, 11) is 0. The molecule has 2 rings (SSSR count). The minimum absolute atomic E-state index is 0. The van der Waals surface area contributed by atoms with Crippen molar-refractivity contribution in [1.29, 1.82) is 0 Å². The predicted octanol–water partition coefficient (Wildman–Crippen LogP) is 1.81. The van der Waals surface area contributed by atoms with Crippen molar-refractivity contribution in [3.8, 4) is 0 Å². The van der Waals surface area contributed by atoms with Crippen LogP contribution in [0.25, 0.3) is 0 Å². The molecule has 1 aliphatic heterocycles. The number of piperazine rings is 1. The summed E-state index contributed by atoms with van der Waals surface area (Å²) in [4.78, 5) is 19.9. The molecular formula is C15H24ClFN4O. The zero-order chi connectivity index (χ0) is 15.2. The van der Waals surface area contributed by atoms with Gasteiger partial charge in [-0.25, -0.2) is 9.37 Å². The van der Waals surface area contributed by atoms with Crippen LogP contribution in [0, 0.1) is 5.82 Å². The van der Waals surface area contributed by atoms with E-state index in [0.29, 0.717) is 32.0 Å². The molecule has 1 amide bonds. The minimum atomic E-state index is -0.414. The lowest BCUT2D eigenvalue weighted by atomic mass is 10.1. The van der Waals surface area contributed by atoms with Crippen molar-refractivity contribution in [3.05, 3.63) is 24.1 Å². The van der Waals surface area contributed by atoms with Gasteiger partial charge in [-0.2, -0.15) is 0 Å². The first-order valence-corrected chi connectivity index (χ1v) is 7.53. The number of pyridine rings is 1. The molecule has 1 aliphatic rings. The van der Waals surface area contributed by atoms with Gasteiger partial charge in [0.25, 0.3) is 0 Å². The smallest absolute Gasteiger partial charge is 0.239 e. The molecule has 1 unspecified atom stereocenters. The van der Waals surface area contributed by atoms with Crippen molar-refractivity contribution in [2.24, 2.45) is 5.73 Å². The first kappa shape index (κ1) is 18.6. The van der Waals surface area contributed by atoms with Crippen LogP contribution in [0.1, 0.15) is 26.2 Å². The summed E-state index contributed by atoms with van der Waals surface area (Å²) in [6.07, 6.45) is 4.31. The van der Waals surface area contributed by atoms with Crippen molar-refractivity contribution >= 4 is 24.1 Å². The van der Waals surface area contributed by atoms with Gasteiger partial charge < -0.3 is 15.5 Å². The molecule has 0 spiro atoms. The summed E-state index contributed by atoms with van der Waals surface area (Å²) >= 11 is 0. The molecule has 1 aromatic rings. The summed E-state index contributed by atoms with van der Waals surface area (Å²) < 4.78 is 13.7. The molecule has 0 saturated carbocycles. The van der Waals surface area contributed by atoms with E-state index >= 15 is 0 Å². The largest absolute Gasteiger partial charge is 0.351 e. The van der Waals surface area contributed by atoms with E-state index in [0.717, 1.165) is 19.3 Å². The Labute approximate surface area is 137 Å². The van der Waals surface area contributed by atoms with Gasteiger partial charge in [-0.15, -0.1) is 12.4 Å². The summed E-state index contributed by atoms with van der Waals surface area (Å²) in [6, 6.07) is 2.56. The topological polar surface area (TPSA) is 62.5 Å². The molecule has 124 valence electrons. The van der Waals surface area contributed by atoms with Gasteiger partial charge in [0.05, 0.1) is 6.04 Å². The maximum absolute atomic E-state index is 13.7. The van der Waals surface area contributed by atoms with Gasteiger partial charge in [0.15, 0.2) is 11.6 Å². The van der Waals surface area contributed by atoms with Gasteiger partial charge in [-0.1, -0.05) is 19.8 Å². The van der Waals surface area contributed by atoms with E-state index in [1.807, 2.05) is 4.90 Å². The number of aromatic nitrogens is 1. The Hall–Kier alpha value is -1.40. The zero-order valence-corrected chi connectivity index (χ0v) is 13.7. The van der Waals surface area contributed by atoms with Crippen molar-refractivity contribution in [1.82, 2.24) is 9.88 Å². The lowest BCUT2D eigenvalue weighted by molar-refractivity contribution is -0.133. The van der Waals surface area contributed by atoms with Crippen LogP contribution in [-0.4, -0.2) is 48.0 Å². The molecule has 0 bridgehead atoms. The molecule has 1 atom stereocenters. The molecule has 7 heteroatoms. The van der Waals surface area contributed by atoms with Crippen LogP contribution in [-0.2, 0) is 4.79 Å². The fourth-order valence-corrected chi connectivity index (χ4v) is 2.53. The molecule has 1 aromatic heterocycles. The summed E-state index contributed by atoms with van der Waals surface area (Å²) in [5, 5.41) is 0. The second-order valence-corrected chi connectivity index (χ2v) is 5.37. The molecular weight excluding hydrogens is 307 g/mol. The van der Waals surface area contributed by atoms with E-state index < -0.39 is 6.04 Å². The number of nitrogens with zero attached hydrogens (tertiary/aromatic N) is 3. The van der Waals surface area contributed by atoms with Gasteiger partial charge in [0.2, 0.25) is 5.91 Å². The zero-order valence-electron chi connectivity index (χ0n) is 12.9. The standard InChI is InChI=1S/C15H23FN4O.ClH/c1-2-3-6-13(17)15(21)20-10-8-19(9-11-20)14-12(16)5-4-7-18-14;/h4-5,7,13H,2-3,6,8-11,17H2,1H3;1H. The van der Waals surface area contributed by atoms with Gasteiger partial charge in [0.1, 0.15) is 0 Å². The first-order chi connectivity index (χ1) is 10.1. The monoisotopic (exact) mass is 330 g/mol. The summed E-state index contributed by atoms with van der Waals surface area (Å²) in [5.74, 6) is 0.0430. The highest BCUT2D eigenvalue weighted by atomic mass is 35.5. The van der Waals surface area contributed by atoms with E-state index in [2.05, 4.69) is 11.9 Å². The number of hydrogen-bond donors (Lipinski definition) is 1. The molecule has 0 aromatic carbocycles. The number of halogens is 2. The normalized spacial score (nSPS) is 16.1. The molecule has 22 heavy (non-hydrogen) atoms.